The smallest absolute Gasteiger partial charge is 0.383 e. The van der Waals surface area contributed by atoms with Gasteiger partial charge in [0.2, 0.25) is 15.6 Å². The van der Waals surface area contributed by atoms with Gasteiger partial charge in [0.15, 0.2) is 0 Å². The zero-order chi connectivity index (χ0) is 17.3. The molecule has 10 heteroatoms. The van der Waals surface area contributed by atoms with Crippen LogP contribution in [0.3, 0.4) is 0 Å². The van der Waals surface area contributed by atoms with Crippen LogP contribution in [0.15, 0.2) is 34.0 Å². The Morgan fingerprint density at radius 1 is 1.26 bits per heavy atom. The van der Waals surface area contributed by atoms with Gasteiger partial charge >= 0.3 is 6.18 Å². The average Bonchev–Trinajstić information content (AvgIpc) is 2.45. The molecule has 0 fully saturated rings. The number of halogens is 3. The maximum Gasteiger partial charge on any atom is 0.417 e. The number of methoxy groups -OCH3 is 1. The molecule has 0 unspecified atom stereocenters. The SMILES string of the molecule is COCCNS(=O)(=O)c1ccc2[nH]c(=O)cc(C(F)(F)F)c2c1. The molecule has 0 saturated heterocycles. The van der Waals surface area contributed by atoms with Crippen LogP contribution in [-0.4, -0.2) is 33.7 Å². The van der Waals surface area contributed by atoms with Crippen molar-refractivity contribution in [1.29, 1.82) is 0 Å². The molecule has 2 aromatic rings. The zero-order valence-electron chi connectivity index (χ0n) is 11.9. The number of aromatic amines is 1. The molecule has 1 heterocycles. The quantitative estimate of drug-likeness (QED) is 0.800. The van der Waals surface area contributed by atoms with Crippen molar-refractivity contribution in [1.82, 2.24) is 9.71 Å². The number of aromatic nitrogens is 1. The first-order valence-corrected chi connectivity index (χ1v) is 7.86. The lowest BCUT2D eigenvalue weighted by Gasteiger charge is -2.12. The van der Waals surface area contributed by atoms with Crippen LogP contribution in [0.4, 0.5) is 13.2 Å². The molecule has 2 rings (SSSR count). The number of hydrogen-bond donors (Lipinski definition) is 2. The van der Waals surface area contributed by atoms with Crippen molar-refractivity contribution in [3.63, 3.8) is 0 Å². The van der Waals surface area contributed by atoms with Crippen LogP contribution < -0.4 is 10.3 Å². The molecule has 0 aliphatic carbocycles. The maximum atomic E-state index is 13.0. The fraction of sp³-hybridized carbons (Fsp3) is 0.308. The van der Waals surface area contributed by atoms with E-state index >= 15 is 0 Å². The van der Waals surface area contributed by atoms with E-state index in [1.165, 1.54) is 7.11 Å². The normalized spacial score (nSPS) is 12.7. The second-order valence-electron chi connectivity index (χ2n) is 4.64. The third-order valence-corrected chi connectivity index (χ3v) is 4.49. The number of ether oxygens (including phenoxy) is 1. The molecule has 0 radical (unpaired) electrons. The highest BCUT2D eigenvalue weighted by molar-refractivity contribution is 7.89. The fourth-order valence-electron chi connectivity index (χ4n) is 2.00. The topological polar surface area (TPSA) is 88.3 Å². The number of fused-ring (bicyclic) bond motifs is 1. The second-order valence-corrected chi connectivity index (χ2v) is 6.41. The van der Waals surface area contributed by atoms with Gasteiger partial charge < -0.3 is 9.72 Å². The van der Waals surface area contributed by atoms with Gasteiger partial charge in [0.25, 0.3) is 0 Å². The summed E-state index contributed by atoms with van der Waals surface area (Å²) >= 11 is 0. The minimum absolute atomic E-state index is 0.0192. The zero-order valence-corrected chi connectivity index (χ0v) is 12.7. The van der Waals surface area contributed by atoms with Gasteiger partial charge in [0.1, 0.15) is 0 Å². The molecule has 1 aromatic carbocycles. The molecule has 23 heavy (non-hydrogen) atoms. The van der Waals surface area contributed by atoms with Crippen LogP contribution in [0.1, 0.15) is 5.56 Å². The van der Waals surface area contributed by atoms with Gasteiger partial charge in [-0.2, -0.15) is 13.2 Å². The third kappa shape index (κ3) is 3.89. The summed E-state index contributed by atoms with van der Waals surface area (Å²) in [6.45, 7) is 0.0998. The molecular weight excluding hydrogens is 337 g/mol. The Kier molecular flexibility index (Phi) is 4.78. The molecule has 0 aliphatic heterocycles. The fourth-order valence-corrected chi connectivity index (χ4v) is 3.03. The van der Waals surface area contributed by atoms with Crippen molar-refractivity contribution in [3.05, 3.63) is 40.2 Å². The number of hydrogen-bond acceptors (Lipinski definition) is 4. The van der Waals surface area contributed by atoms with Gasteiger partial charge in [-0.3, -0.25) is 4.79 Å². The Morgan fingerprint density at radius 2 is 1.96 bits per heavy atom. The molecule has 0 atom stereocenters. The summed E-state index contributed by atoms with van der Waals surface area (Å²) in [5, 5.41) is -0.397. The van der Waals surface area contributed by atoms with Crippen LogP contribution in [0.2, 0.25) is 0 Å². The summed E-state index contributed by atoms with van der Waals surface area (Å²) in [4.78, 5) is 13.2. The van der Waals surface area contributed by atoms with Gasteiger partial charge in [-0.1, -0.05) is 0 Å². The Hall–Kier alpha value is -1.91. The van der Waals surface area contributed by atoms with E-state index in [0.717, 1.165) is 18.2 Å². The summed E-state index contributed by atoms with van der Waals surface area (Å²) in [5.74, 6) is 0. The van der Waals surface area contributed by atoms with Crippen LogP contribution in [0, 0.1) is 0 Å². The van der Waals surface area contributed by atoms with E-state index < -0.39 is 32.7 Å². The monoisotopic (exact) mass is 350 g/mol. The predicted molar refractivity (Wildman–Crippen MR) is 76.6 cm³/mol. The highest BCUT2D eigenvalue weighted by Gasteiger charge is 2.33. The molecule has 0 amide bonds. The van der Waals surface area contributed by atoms with Crippen molar-refractivity contribution >= 4 is 20.9 Å². The van der Waals surface area contributed by atoms with Crippen LogP contribution >= 0.6 is 0 Å². The van der Waals surface area contributed by atoms with E-state index in [2.05, 4.69) is 9.71 Å². The van der Waals surface area contributed by atoms with Crippen molar-refractivity contribution < 1.29 is 26.3 Å². The molecule has 0 aliphatic rings. The highest BCUT2D eigenvalue weighted by Crippen LogP contribution is 2.33. The van der Waals surface area contributed by atoms with Gasteiger partial charge in [-0.25, -0.2) is 13.1 Å². The Labute approximate surface area is 129 Å². The molecular formula is C13H13F3N2O4S. The lowest BCUT2D eigenvalue weighted by molar-refractivity contribution is -0.136. The molecule has 6 nitrogen and oxygen atoms in total. The van der Waals surface area contributed by atoms with Crippen molar-refractivity contribution in [2.45, 2.75) is 11.1 Å². The Morgan fingerprint density at radius 3 is 2.57 bits per heavy atom. The van der Waals surface area contributed by atoms with Crippen LogP contribution in [0.5, 0.6) is 0 Å². The lowest BCUT2D eigenvalue weighted by Crippen LogP contribution is -2.27. The van der Waals surface area contributed by atoms with Crippen molar-refractivity contribution in [2.24, 2.45) is 0 Å². The first-order chi connectivity index (χ1) is 10.6. The van der Waals surface area contributed by atoms with E-state index in [1.54, 1.807) is 0 Å². The van der Waals surface area contributed by atoms with E-state index in [4.69, 9.17) is 4.74 Å². The predicted octanol–water partition coefficient (Wildman–Crippen LogP) is 1.47. The summed E-state index contributed by atoms with van der Waals surface area (Å²) in [7, 11) is -2.60. The van der Waals surface area contributed by atoms with E-state index in [1.807, 2.05) is 0 Å². The second kappa shape index (κ2) is 6.30. The lowest BCUT2D eigenvalue weighted by atomic mass is 10.1. The highest BCUT2D eigenvalue weighted by atomic mass is 32.2. The number of sulfonamides is 1. The van der Waals surface area contributed by atoms with E-state index in [0.29, 0.717) is 6.07 Å². The molecule has 0 saturated carbocycles. The summed E-state index contributed by atoms with van der Waals surface area (Å²) < 4.78 is 70.1. The number of pyridine rings is 1. The van der Waals surface area contributed by atoms with Crippen molar-refractivity contribution in [3.8, 4) is 0 Å². The molecule has 0 bridgehead atoms. The third-order valence-electron chi connectivity index (χ3n) is 3.03. The van der Waals surface area contributed by atoms with Gasteiger partial charge in [0.05, 0.1) is 17.1 Å². The number of alkyl halides is 3. The molecule has 1 aromatic heterocycles. The average molecular weight is 350 g/mol. The van der Waals surface area contributed by atoms with E-state index in [-0.39, 0.29) is 23.6 Å². The minimum Gasteiger partial charge on any atom is -0.383 e. The van der Waals surface area contributed by atoms with Gasteiger partial charge in [-0.15, -0.1) is 0 Å². The molecule has 2 N–H and O–H groups in total. The summed E-state index contributed by atoms with van der Waals surface area (Å²) in [5.41, 5.74) is -2.20. The Balaban J connectivity index is 2.58. The number of nitrogens with one attached hydrogen (secondary N) is 2. The number of H-pyrrole nitrogens is 1. The first kappa shape index (κ1) is 17.4. The van der Waals surface area contributed by atoms with Gasteiger partial charge in [-0.05, 0) is 18.2 Å². The van der Waals surface area contributed by atoms with Crippen molar-refractivity contribution in [2.75, 3.05) is 20.3 Å². The maximum absolute atomic E-state index is 13.0. The Bertz CT molecular complexity index is 875. The summed E-state index contributed by atoms with van der Waals surface area (Å²) in [6, 6.07) is 3.52. The van der Waals surface area contributed by atoms with Crippen LogP contribution in [-0.2, 0) is 20.9 Å². The van der Waals surface area contributed by atoms with Crippen LogP contribution in [0.25, 0.3) is 10.9 Å². The molecule has 126 valence electrons. The largest absolute Gasteiger partial charge is 0.417 e. The number of benzene rings is 1. The standard InChI is InChI=1S/C13H13F3N2O4S/c1-22-5-4-17-23(20,21)8-2-3-11-9(6-8)10(13(14,15)16)7-12(19)18-11/h2-3,6-7,17H,4-5H2,1H3,(H,18,19). The van der Waals surface area contributed by atoms with Gasteiger partial charge in [0, 0.05) is 30.6 Å². The minimum atomic E-state index is -4.78. The summed E-state index contributed by atoms with van der Waals surface area (Å²) in [6.07, 6.45) is -4.78. The molecule has 0 spiro atoms. The van der Waals surface area contributed by atoms with E-state index in [9.17, 15) is 26.4 Å². The number of rotatable bonds is 5. The first-order valence-electron chi connectivity index (χ1n) is 6.38.